The third-order valence-electron chi connectivity index (χ3n) is 4.99. The highest BCUT2D eigenvalue weighted by molar-refractivity contribution is 7.07. The van der Waals surface area contributed by atoms with Crippen LogP contribution >= 0.6 is 11.3 Å². The normalized spacial score (nSPS) is 30.0. The average molecular weight is 366 g/mol. The van der Waals surface area contributed by atoms with E-state index in [1.165, 1.54) is 11.3 Å². The van der Waals surface area contributed by atoms with Gasteiger partial charge in [0.2, 0.25) is 5.91 Å². The summed E-state index contributed by atoms with van der Waals surface area (Å²) < 4.78 is 5.01. The summed E-state index contributed by atoms with van der Waals surface area (Å²) in [5.41, 5.74) is 7.55. The summed E-state index contributed by atoms with van der Waals surface area (Å²) in [6.45, 7) is 3.88. The van der Waals surface area contributed by atoms with Crippen LogP contribution in [0.1, 0.15) is 32.4 Å². The van der Waals surface area contributed by atoms with Crippen LogP contribution in [0.4, 0.5) is 4.79 Å². The summed E-state index contributed by atoms with van der Waals surface area (Å²) >= 11 is 1.45. The van der Waals surface area contributed by atoms with Crippen molar-refractivity contribution in [2.75, 3.05) is 6.54 Å². The molecule has 2 aliphatic heterocycles. The Bertz CT molecular complexity index is 680. The molecule has 8 nitrogen and oxygen atoms in total. The molecule has 0 aromatic carbocycles. The Kier molecular flexibility index (Phi) is 4.79. The van der Waals surface area contributed by atoms with E-state index in [-0.39, 0.29) is 11.7 Å². The average Bonchev–Trinajstić information content (AvgIpc) is 3.27. The standard InChI is InChI=1S/C16H22N4O4S/c1-9-12(19-15(23)24-9)13(21)16(2)4-3-5-20(16)14(22)11(17)6-10-7-25-8-18-10/h7-9,11-12H,3-6,17H2,1-2H3,(H,19,23)/t9-,11-,12-,16+/m0/s1. The summed E-state index contributed by atoms with van der Waals surface area (Å²) in [6, 6.07) is -1.50. The molecule has 0 saturated carbocycles. The molecule has 2 saturated heterocycles. The molecule has 1 aromatic heterocycles. The second kappa shape index (κ2) is 6.72. The maximum Gasteiger partial charge on any atom is 0.408 e. The number of ketones is 1. The lowest BCUT2D eigenvalue weighted by Crippen LogP contribution is -2.60. The predicted molar refractivity (Wildman–Crippen MR) is 91.0 cm³/mol. The number of hydrogen-bond acceptors (Lipinski definition) is 7. The first kappa shape index (κ1) is 17.8. The Labute approximate surface area is 149 Å². The number of cyclic esters (lactones) is 1. The third kappa shape index (κ3) is 3.25. The molecule has 25 heavy (non-hydrogen) atoms. The van der Waals surface area contributed by atoms with E-state index in [9.17, 15) is 14.4 Å². The fraction of sp³-hybridized carbons (Fsp3) is 0.625. The minimum atomic E-state index is -0.989. The fourth-order valence-corrected chi connectivity index (χ4v) is 4.12. The van der Waals surface area contributed by atoms with E-state index < -0.39 is 29.8 Å². The van der Waals surface area contributed by atoms with E-state index in [4.69, 9.17) is 10.5 Å². The number of rotatable bonds is 5. The predicted octanol–water partition coefficient (Wildman–Crippen LogP) is 0.460. The zero-order valence-corrected chi connectivity index (χ0v) is 15.0. The van der Waals surface area contributed by atoms with Crippen molar-refractivity contribution in [2.24, 2.45) is 5.73 Å². The number of hydrogen-bond donors (Lipinski definition) is 2. The molecule has 0 radical (unpaired) electrons. The monoisotopic (exact) mass is 366 g/mol. The number of carbonyl (C=O) groups is 3. The van der Waals surface area contributed by atoms with Crippen molar-refractivity contribution in [1.29, 1.82) is 0 Å². The molecule has 136 valence electrons. The van der Waals surface area contributed by atoms with Crippen LogP contribution in [0, 0.1) is 0 Å². The van der Waals surface area contributed by atoms with E-state index in [1.54, 1.807) is 24.3 Å². The van der Waals surface area contributed by atoms with E-state index in [1.807, 2.05) is 5.38 Å². The van der Waals surface area contributed by atoms with Gasteiger partial charge < -0.3 is 20.7 Å². The molecule has 2 aliphatic rings. The minimum Gasteiger partial charge on any atom is -0.444 e. The molecule has 0 spiro atoms. The number of thiazole rings is 1. The van der Waals surface area contributed by atoms with Gasteiger partial charge in [0.05, 0.1) is 17.2 Å². The molecule has 3 rings (SSSR count). The van der Waals surface area contributed by atoms with Crippen LogP contribution in [0.15, 0.2) is 10.9 Å². The Hall–Kier alpha value is -2.00. The number of alkyl carbamates (subject to hydrolysis) is 1. The van der Waals surface area contributed by atoms with Gasteiger partial charge in [-0.25, -0.2) is 9.78 Å². The maximum atomic E-state index is 13.0. The SMILES string of the molecule is C[C@@H]1OC(=O)N[C@@H]1C(=O)[C@@]1(C)CCCN1C(=O)[C@@H](N)Cc1cscn1. The van der Waals surface area contributed by atoms with Crippen molar-refractivity contribution < 1.29 is 19.1 Å². The number of likely N-dealkylation sites (tertiary alicyclic amines) is 1. The molecule has 3 heterocycles. The maximum absolute atomic E-state index is 13.0. The highest BCUT2D eigenvalue weighted by atomic mass is 32.1. The van der Waals surface area contributed by atoms with Crippen LogP contribution < -0.4 is 11.1 Å². The van der Waals surface area contributed by atoms with Crippen LogP contribution in [-0.4, -0.2) is 57.9 Å². The smallest absolute Gasteiger partial charge is 0.408 e. The molecule has 3 N–H and O–H groups in total. The van der Waals surface area contributed by atoms with Gasteiger partial charge in [0.25, 0.3) is 0 Å². The molecule has 4 atom stereocenters. The number of nitrogens with zero attached hydrogens (tertiary/aromatic N) is 2. The first-order valence-corrected chi connectivity index (χ1v) is 9.23. The lowest BCUT2D eigenvalue weighted by molar-refractivity contribution is -0.145. The van der Waals surface area contributed by atoms with Gasteiger partial charge in [-0.15, -0.1) is 11.3 Å². The lowest BCUT2D eigenvalue weighted by atomic mass is 9.86. The molecular formula is C16H22N4O4S. The number of carbonyl (C=O) groups excluding carboxylic acids is 3. The Morgan fingerprint density at radius 2 is 2.36 bits per heavy atom. The van der Waals surface area contributed by atoms with E-state index >= 15 is 0 Å². The van der Waals surface area contributed by atoms with Crippen LogP contribution in [0.3, 0.4) is 0 Å². The lowest BCUT2D eigenvalue weighted by Gasteiger charge is -2.37. The van der Waals surface area contributed by atoms with E-state index in [0.29, 0.717) is 25.8 Å². The Morgan fingerprint density at radius 1 is 1.60 bits per heavy atom. The first-order chi connectivity index (χ1) is 11.8. The number of amides is 2. The van der Waals surface area contributed by atoms with E-state index in [2.05, 4.69) is 10.3 Å². The molecule has 0 unspecified atom stereocenters. The van der Waals surface area contributed by atoms with Crippen molar-refractivity contribution in [1.82, 2.24) is 15.2 Å². The first-order valence-electron chi connectivity index (χ1n) is 8.28. The van der Waals surface area contributed by atoms with Crippen LogP contribution in [0.5, 0.6) is 0 Å². The number of Topliss-reactive ketones (excluding diaryl/α,β-unsaturated/α-hetero) is 1. The van der Waals surface area contributed by atoms with Crippen molar-refractivity contribution in [3.05, 3.63) is 16.6 Å². The molecule has 2 amide bonds. The highest BCUT2D eigenvalue weighted by Crippen LogP contribution is 2.33. The number of ether oxygens (including phenoxy) is 1. The summed E-state index contributed by atoms with van der Waals surface area (Å²) in [5, 5.41) is 4.40. The van der Waals surface area contributed by atoms with Gasteiger partial charge in [-0.3, -0.25) is 9.59 Å². The molecule has 1 aromatic rings. The summed E-state index contributed by atoms with van der Waals surface area (Å²) in [7, 11) is 0. The molecule has 0 bridgehead atoms. The minimum absolute atomic E-state index is 0.211. The number of nitrogens with one attached hydrogen (secondary N) is 1. The molecule has 0 aliphatic carbocycles. The summed E-state index contributed by atoms with van der Waals surface area (Å²) in [4.78, 5) is 43.0. The fourth-order valence-electron chi connectivity index (χ4n) is 3.55. The van der Waals surface area contributed by atoms with Crippen LogP contribution in [0.2, 0.25) is 0 Å². The third-order valence-corrected chi connectivity index (χ3v) is 5.62. The Morgan fingerprint density at radius 3 is 2.96 bits per heavy atom. The largest absolute Gasteiger partial charge is 0.444 e. The van der Waals surface area contributed by atoms with Gasteiger partial charge in [-0.2, -0.15) is 0 Å². The zero-order chi connectivity index (χ0) is 18.2. The van der Waals surface area contributed by atoms with Crippen LogP contribution in [-0.2, 0) is 20.7 Å². The molecular weight excluding hydrogens is 344 g/mol. The highest BCUT2D eigenvalue weighted by Gasteiger charge is 2.52. The van der Waals surface area contributed by atoms with Crippen molar-refractivity contribution in [3.8, 4) is 0 Å². The molecule has 2 fully saturated rings. The number of aromatic nitrogens is 1. The second-order valence-corrected chi connectivity index (χ2v) is 7.47. The van der Waals surface area contributed by atoms with Gasteiger partial charge in [0.15, 0.2) is 5.78 Å². The number of nitrogens with two attached hydrogens (primary N) is 1. The van der Waals surface area contributed by atoms with Crippen molar-refractivity contribution >= 4 is 29.1 Å². The van der Waals surface area contributed by atoms with Gasteiger partial charge >= 0.3 is 6.09 Å². The second-order valence-electron chi connectivity index (χ2n) is 6.75. The van der Waals surface area contributed by atoms with Gasteiger partial charge in [0.1, 0.15) is 17.7 Å². The van der Waals surface area contributed by atoms with Crippen molar-refractivity contribution in [2.45, 2.75) is 56.8 Å². The quantitative estimate of drug-likeness (QED) is 0.782. The topological polar surface area (TPSA) is 115 Å². The van der Waals surface area contributed by atoms with Crippen molar-refractivity contribution in [3.63, 3.8) is 0 Å². The Balaban J connectivity index is 1.75. The molecule has 9 heteroatoms. The van der Waals surface area contributed by atoms with Gasteiger partial charge in [-0.1, -0.05) is 0 Å². The van der Waals surface area contributed by atoms with Crippen LogP contribution in [0.25, 0.3) is 0 Å². The van der Waals surface area contributed by atoms with E-state index in [0.717, 1.165) is 5.69 Å². The van der Waals surface area contributed by atoms with Gasteiger partial charge in [0, 0.05) is 18.3 Å². The summed E-state index contributed by atoms with van der Waals surface area (Å²) in [6.07, 6.45) is 0.430. The summed E-state index contributed by atoms with van der Waals surface area (Å²) in [5.74, 6) is -0.475. The van der Waals surface area contributed by atoms with Gasteiger partial charge in [-0.05, 0) is 26.7 Å². The zero-order valence-electron chi connectivity index (χ0n) is 14.2.